The van der Waals surface area contributed by atoms with Gasteiger partial charge >= 0.3 is 0 Å². The maximum atomic E-state index is 12.8. The Hall–Kier alpha value is -2.80. The second-order valence-corrected chi connectivity index (χ2v) is 8.52. The summed E-state index contributed by atoms with van der Waals surface area (Å²) < 4.78 is 11.4. The highest BCUT2D eigenvalue weighted by molar-refractivity contribution is 6.30. The number of aromatic nitrogens is 3. The molecule has 1 aromatic carbocycles. The first-order valence-electron chi connectivity index (χ1n) is 9.97. The van der Waals surface area contributed by atoms with Gasteiger partial charge in [0.2, 0.25) is 0 Å². The maximum absolute atomic E-state index is 12.8. The first kappa shape index (κ1) is 20.1. The topological polar surface area (TPSA) is 52.3 Å². The molecule has 6 nitrogen and oxygen atoms in total. The lowest BCUT2D eigenvalue weighted by atomic mass is 10.1. The number of fused-ring (bicyclic) bond motifs is 3. The summed E-state index contributed by atoms with van der Waals surface area (Å²) >= 11 is 12.1. The van der Waals surface area contributed by atoms with E-state index in [-0.39, 0.29) is 12.2 Å². The first-order chi connectivity index (χ1) is 15.0. The van der Waals surface area contributed by atoms with E-state index in [0.717, 1.165) is 36.4 Å². The van der Waals surface area contributed by atoms with Crippen LogP contribution in [-0.4, -0.2) is 25.1 Å². The lowest BCUT2D eigenvalue weighted by Gasteiger charge is -2.20. The summed E-state index contributed by atoms with van der Waals surface area (Å²) in [4.78, 5) is 17.0. The minimum Gasteiger partial charge on any atom is -0.487 e. The molecule has 5 rings (SSSR count). The number of pyridine rings is 2. The van der Waals surface area contributed by atoms with Gasteiger partial charge in [-0.3, -0.25) is 14.3 Å². The van der Waals surface area contributed by atoms with Gasteiger partial charge in [-0.2, -0.15) is 0 Å². The van der Waals surface area contributed by atoms with E-state index in [4.69, 9.17) is 28.1 Å². The average molecular weight is 455 g/mol. The van der Waals surface area contributed by atoms with Crippen molar-refractivity contribution in [2.24, 2.45) is 7.05 Å². The van der Waals surface area contributed by atoms with E-state index in [2.05, 4.69) is 22.7 Å². The van der Waals surface area contributed by atoms with Gasteiger partial charge in [0.05, 0.1) is 21.9 Å². The number of hydrogen-bond donors (Lipinski definition) is 0. The van der Waals surface area contributed by atoms with Crippen LogP contribution in [0.5, 0.6) is 5.75 Å². The summed E-state index contributed by atoms with van der Waals surface area (Å²) in [5, 5.41) is 1.75. The Balaban J connectivity index is 1.43. The van der Waals surface area contributed by atoms with Crippen molar-refractivity contribution < 1.29 is 4.74 Å². The molecule has 4 aromatic rings. The number of benzene rings is 1. The van der Waals surface area contributed by atoms with Gasteiger partial charge in [0.15, 0.2) is 0 Å². The monoisotopic (exact) mass is 454 g/mol. The van der Waals surface area contributed by atoms with Crippen LogP contribution >= 0.6 is 23.4 Å². The molecular formula is C23H20Cl2N4O2. The fraction of sp³-hybridized carbons (Fsp3) is 0.217. The van der Waals surface area contributed by atoms with E-state index in [9.17, 15) is 4.79 Å². The molecule has 8 heteroatoms. The van der Waals surface area contributed by atoms with Crippen molar-refractivity contribution in [2.45, 2.75) is 19.6 Å². The average Bonchev–Trinajstić information content (AvgIpc) is 3.04. The third-order valence-corrected chi connectivity index (χ3v) is 6.20. The van der Waals surface area contributed by atoms with Crippen LogP contribution in [0.3, 0.4) is 0 Å². The van der Waals surface area contributed by atoms with Gasteiger partial charge in [-0.05, 0) is 47.7 Å². The molecule has 0 amide bonds. The first-order valence-corrected chi connectivity index (χ1v) is 10.7. The Labute approximate surface area is 189 Å². The van der Waals surface area contributed by atoms with Crippen molar-refractivity contribution in [1.82, 2.24) is 18.5 Å². The van der Waals surface area contributed by atoms with Gasteiger partial charge in [-0.15, -0.1) is 0 Å². The van der Waals surface area contributed by atoms with Gasteiger partial charge in [-0.25, -0.2) is 4.42 Å². The Bertz CT molecular complexity index is 1330. The van der Waals surface area contributed by atoms with Crippen LogP contribution < -0.4 is 10.3 Å². The van der Waals surface area contributed by atoms with E-state index in [1.165, 1.54) is 22.7 Å². The van der Waals surface area contributed by atoms with Crippen LogP contribution in [0.2, 0.25) is 5.02 Å². The maximum Gasteiger partial charge on any atom is 0.258 e. The van der Waals surface area contributed by atoms with Crippen LogP contribution in [-0.2, 0) is 26.6 Å². The number of nitrogens with zero attached hydrogens (tertiary/aromatic N) is 4. The molecule has 0 bridgehead atoms. The summed E-state index contributed by atoms with van der Waals surface area (Å²) in [5.74, 6) is 0.496. The number of halogens is 2. The third-order valence-electron chi connectivity index (χ3n) is 5.69. The van der Waals surface area contributed by atoms with Gasteiger partial charge in [0.25, 0.3) is 5.56 Å². The zero-order valence-corrected chi connectivity index (χ0v) is 18.4. The van der Waals surface area contributed by atoms with E-state index in [1.54, 1.807) is 35.2 Å². The molecule has 158 valence electrons. The fourth-order valence-electron chi connectivity index (χ4n) is 4.09. The Morgan fingerprint density at radius 1 is 1.16 bits per heavy atom. The predicted octanol–water partition coefficient (Wildman–Crippen LogP) is 4.47. The fourth-order valence-corrected chi connectivity index (χ4v) is 4.41. The quantitative estimate of drug-likeness (QED) is 0.427. The smallest absolute Gasteiger partial charge is 0.258 e. The van der Waals surface area contributed by atoms with E-state index >= 15 is 0 Å². The van der Waals surface area contributed by atoms with Gasteiger partial charge in [0.1, 0.15) is 12.4 Å². The summed E-state index contributed by atoms with van der Waals surface area (Å²) in [6.45, 7) is 1.82. The summed E-state index contributed by atoms with van der Waals surface area (Å²) in [5.41, 5.74) is 5.04. The molecule has 31 heavy (non-hydrogen) atoms. The Kier molecular flexibility index (Phi) is 5.22. The number of rotatable bonds is 4. The predicted molar refractivity (Wildman–Crippen MR) is 122 cm³/mol. The highest BCUT2D eigenvalue weighted by Crippen LogP contribution is 2.32. The van der Waals surface area contributed by atoms with E-state index in [0.29, 0.717) is 10.8 Å². The van der Waals surface area contributed by atoms with Gasteiger partial charge < -0.3 is 9.30 Å². The second-order valence-electron chi connectivity index (χ2n) is 7.61. The van der Waals surface area contributed by atoms with Gasteiger partial charge in [0, 0.05) is 56.1 Å². The standard InChI is InChI=1S/C23H20Cl2N4O2/c1-27-21-7-8-28(25)13-20(21)19-5-4-17(10-22(19)27)29-9-6-18(11-23(29)30)31-14-16-3-2-15(24)12-26-16/h2-6,9-12H,7-8,13-14H2,1H3. The highest BCUT2D eigenvalue weighted by atomic mass is 35.5. The molecule has 1 aliphatic rings. The molecule has 4 heterocycles. The molecule has 0 unspecified atom stereocenters. The number of hydrogen-bond acceptors (Lipinski definition) is 4. The van der Waals surface area contributed by atoms with Crippen LogP contribution in [0.25, 0.3) is 16.6 Å². The molecule has 0 spiro atoms. The molecule has 0 N–H and O–H groups in total. The molecule has 0 atom stereocenters. The van der Waals surface area contributed by atoms with Crippen molar-refractivity contribution >= 4 is 34.3 Å². The van der Waals surface area contributed by atoms with Gasteiger partial charge in [-0.1, -0.05) is 17.7 Å². The minimum absolute atomic E-state index is 0.160. The SMILES string of the molecule is Cn1c2c(c3ccc(-n4ccc(OCc5ccc(Cl)cn5)cc4=O)cc31)CN(Cl)CC2. The van der Waals surface area contributed by atoms with Crippen molar-refractivity contribution in [3.63, 3.8) is 0 Å². The zero-order chi connectivity index (χ0) is 21.5. The van der Waals surface area contributed by atoms with E-state index < -0.39 is 0 Å². The summed E-state index contributed by atoms with van der Waals surface area (Å²) in [6, 6.07) is 12.9. The molecular weight excluding hydrogens is 435 g/mol. The zero-order valence-electron chi connectivity index (χ0n) is 16.9. The highest BCUT2D eigenvalue weighted by Gasteiger charge is 2.22. The van der Waals surface area contributed by atoms with Crippen LogP contribution in [0.15, 0.2) is 59.7 Å². The molecule has 0 fully saturated rings. The summed E-state index contributed by atoms with van der Waals surface area (Å²) in [6.07, 6.45) is 4.21. The van der Waals surface area contributed by atoms with Crippen molar-refractivity contribution in [2.75, 3.05) is 6.54 Å². The van der Waals surface area contributed by atoms with Crippen LogP contribution in [0.4, 0.5) is 0 Å². The lowest BCUT2D eigenvalue weighted by Crippen LogP contribution is -2.22. The summed E-state index contributed by atoms with van der Waals surface area (Å²) in [7, 11) is 2.07. The van der Waals surface area contributed by atoms with Crippen molar-refractivity contribution in [3.05, 3.63) is 87.2 Å². The minimum atomic E-state index is -0.160. The van der Waals surface area contributed by atoms with Crippen LogP contribution in [0, 0.1) is 0 Å². The van der Waals surface area contributed by atoms with Crippen molar-refractivity contribution in [1.29, 1.82) is 0 Å². The molecule has 0 radical (unpaired) electrons. The normalized spacial score (nSPS) is 14.0. The lowest BCUT2D eigenvalue weighted by molar-refractivity contribution is 0.300. The largest absolute Gasteiger partial charge is 0.487 e. The molecule has 0 saturated carbocycles. The third kappa shape index (κ3) is 3.82. The number of ether oxygens (including phenoxy) is 1. The Morgan fingerprint density at radius 3 is 2.81 bits per heavy atom. The van der Waals surface area contributed by atoms with E-state index in [1.807, 2.05) is 16.6 Å². The van der Waals surface area contributed by atoms with Crippen LogP contribution in [0.1, 0.15) is 17.0 Å². The molecule has 3 aromatic heterocycles. The Morgan fingerprint density at radius 2 is 2.03 bits per heavy atom. The van der Waals surface area contributed by atoms with Crippen molar-refractivity contribution in [3.8, 4) is 11.4 Å². The number of aryl methyl sites for hydroxylation is 1. The molecule has 0 saturated heterocycles. The molecule has 0 aliphatic carbocycles. The molecule has 1 aliphatic heterocycles. The second kappa shape index (κ2) is 8.04.